The molecule has 4 aromatic carbocycles. The zero-order chi connectivity index (χ0) is 56.4. The summed E-state index contributed by atoms with van der Waals surface area (Å²) in [6, 6.07) is 16.0. The van der Waals surface area contributed by atoms with E-state index in [2.05, 4.69) is 41.0 Å². The maximum absolute atomic E-state index is 15.1. The number of hydrogen-bond donors (Lipinski definition) is 4. The number of nitrogens with zero attached hydrogens (tertiary/aromatic N) is 8. The van der Waals surface area contributed by atoms with Crippen molar-refractivity contribution in [3.63, 3.8) is 0 Å². The normalized spacial score (nSPS) is 16.1. The molecule has 0 spiro atoms. The van der Waals surface area contributed by atoms with E-state index in [-0.39, 0.29) is 53.8 Å². The molecule has 18 nitrogen and oxygen atoms in total. The van der Waals surface area contributed by atoms with Crippen molar-refractivity contribution in [3.8, 4) is 22.5 Å². The fourth-order valence-electron chi connectivity index (χ4n) is 9.92. The van der Waals surface area contributed by atoms with E-state index in [1.807, 2.05) is 47.6 Å². The van der Waals surface area contributed by atoms with E-state index < -0.39 is 57.5 Å². The van der Waals surface area contributed by atoms with E-state index in [0.29, 0.717) is 69.8 Å². The number of rotatable bonds is 11. The van der Waals surface area contributed by atoms with Gasteiger partial charge in [0.05, 0.1) is 48.5 Å². The highest BCUT2D eigenvalue weighted by atomic mass is 32.2. The Kier molecular flexibility index (Phi) is 16.7. The lowest BCUT2D eigenvalue weighted by Gasteiger charge is -2.40. The fourth-order valence-corrected chi connectivity index (χ4v) is 10.4. The fraction of sp³-hybridized carbons (Fsp3) is 0.357. The second-order valence-corrected chi connectivity index (χ2v) is 21.4. The zero-order valence-electron chi connectivity index (χ0n) is 44.7. The maximum Gasteiger partial charge on any atom is 0.328 e. The van der Waals surface area contributed by atoms with Gasteiger partial charge in [-0.05, 0) is 114 Å². The first kappa shape index (κ1) is 55.9. The van der Waals surface area contributed by atoms with Gasteiger partial charge in [0, 0.05) is 83.9 Å². The van der Waals surface area contributed by atoms with Crippen molar-refractivity contribution in [1.82, 2.24) is 46.1 Å². The summed E-state index contributed by atoms with van der Waals surface area (Å²) < 4.78 is 77.6. The highest BCUT2D eigenvalue weighted by Crippen LogP contribution is 2.42. The van der Waals surface area contributed by atoms with E-state index in [1.165, 1.54) is 18.4 Å². The minimum absolute atomic E-state index is 0.0332. The van der Waals surface area contributed by atoms with Gasteiger partial charge in [0.1, 0.15) is 34.6 Å². The molecular weight excluding hydrogens is 1040 g/mol. The molecule has 2 aromatic heterocycles. The second-order valence-electron chi connectivity index (χ2n) is 20.1. The quantitative estimate of drug-likeness (QED) is 0.0712. The SMILES string of the molecule is Cc1ccc(C(=O)NC(C)C)cc1-c1nc(N2CCC(N3CCOCC3)CC2)nc2c1CNC(=O)N2c1c(F)cccc1F.Cc1ccc(C(=O)NC(C)C)cc1-c1nc(S(C)=O)nc2c1CNC(=O)N2c1c(F)cccc1F. The molecule has 6 heterocycles. The largest absolute Gasteiger partial charge is 0.379 e. The molecule has 0 bridgehead atoms. The summed E-state index contributed by atoms with van der Waals surface area (Å²) in [7, 11) is -1.68. The first-order chi connectivity index (χ1) is 37.8. The molecule has 6 aromatic rings. The number of hydrogen-bond acceptors (Lipinski definition) is 12. The second kappa shape index (κ2) is 23.6. The molecule has 4 aliphatic heterocycles. The lowest BCUT2D eigenvalue weighted by molar-refractivity contribution is 0.0114. The summed E-state index contributed by atoms with van der Waals surface area (Å²) in [4.78, 5) is 76.5. The molecule has 2 fully saturated rings. The Balaban J connectivity index is 0.000000197. The Morgan fingerprint density at radius 1 is 0.646 bits per heavy atom. The summed E-state index contributed by atoms with van der Waals surface area (Å²) >= 11 is 0. The minimum atomic E-state index is -1.68. The van der Waals surface area contributed by atoms with Gasteiger partial charge in [0.15, 0.2) is 11.6 Å². The molecule has 0 aliphatic carbocycles. The molecule has 10 rings (SSSR count). The average Bonchev–Trinajstić information content (AvgIpc) is 3.60. The van der Waals surface area contributed by atoms with Crippen LogP contribution in [0.2, 0.25) is 0 Å². The van der Waals surface area contributed by atoms with Crippen molar-refractivity contribution in [1.29, 1.82) is 0 Å². The molecule has 1 atom stereocenters. The third-order valence-corrected chi connectivity index (χ3v) is 14.5. The topological polar surface area (TPSA) is 207 Å². The van der Waals surface area contributed by atoms with Crippen LogP contribution in [0.1, 0.15) is 83.5 Å². The van der Waals surface area contributed by atoms with Crippen LogP contribution in [0.4, 0.5) is 56.1 Å². The molecule has 414 valence electrons. The number of carbonyl (C=O) groups is 4. The van der Waals surface area contributed by atoms with Gasteiger partial charge in [-0.3, -0.25) is 18.7 Å². The van der Waals surface area contributed by atoms with Gasteiger partial charge in [-0.15, -0.1) is 0 Å². The molecule has 0 saturated carbocycles. The van der Waals surface area contributed by atoms with E-state index in [1.54, 1.807) is 30.3 Å². The van der Waals surface area contributed by atoms with E-state index in [0.717, 1.165) is 84.3 Å². The maximum atomic E-state index is 15.1. The summed E-state index contributed by atoms with van der Waals surface area (Å²) in [6.45, 7) is 15.8. The van der Waals surface area contributed by atoms with Crippen molar-refractivity contribution in [2.24, 2.45) is 0 Å². The first-order valence-electron chi connectivity index (χ1n) is 25.9. The van der Waals surface area contributed by atoms with Crippen molar-refractivity contribution in [3.05, 3.63) is 129 Å². The van der Waals surface area contributed by atoms with Crippen LogP contribution in [0, 0.1) is 37.1 Å². The smallest absolute Gasteiger partial charge is 0.328 e. The number of morpholine rings is 1. The number of carbonyl (C=O) groups excluding carboxylic acids is 4. The summed E-state index contributed by atoms with van der Waals surface area (Å²) in [5.74, 6) is -3.80. The first-order valence-corrected chi connectivity index (χ1v) is 27.4. The number of piperidine rings is 1. The number of nitrogens with one attached hydrogen (secondary N) is 4. The van der Waals surface area contributed by atoms with Crippen molar-refractivity contribution < 1.29 is 45.7 Å². The summed E-state index contributed by atoms with van der Waals surface area (Å²) in [5.41, 5.74) is 4.21. The number of anilines is 5. The Hall–Kier alpha value is -7.89. The average molecular weight is 1110 g/mol. The van der Waals surface area contributed by atoms with Crippen LogP contribution in [-0.4, -0.2) is 117 Å². The number of fused-ring (bicyclic) bond motifs is 2. The molecule has 2 saturated heterocycles. The summed E-state index contributed by atoms with van der Waals surface area (Å²) in [5, 5.41) is 11.0. The zero-order valence-corrected chi connectivity index (χ0v) is 45.5. The van der Waals surface area contributed by atoms with Crippen LogP contribution in [0.3, 0.4) is 0 Å². The molecular formula is C56H60F4N12O6S. The predicted octanol–water partition coefficient (Wildman–Crippen LogP) is 8.50. The van der Waals surface area contributed by atoms with Gasteiger partial charge >= 0.3 is 12.1 Å². The molecule has 4 aliphatic rings. The number of aromatic nitrogens is 4. The standard InChI is InChI=1S/C32H37F2N7O3.C24H23F2N5O3S/c1-19(2)36-30(42)21-8-7-20(3)23(17-21)27-24-18-35-32(43)41(28-25(33)5-4-6-26(28)34)29(24)38-31(37-27)40-11-9-22(10-12-40)39-13-15-44-16-14-39;1-12(2)28-22(32)14-9-8-13(3)15(10-14)19-16-11-27-24(33)31(20-17(25)6-5-7-18(20)26)21(16)30-23(29-19)35(4)34/h4-8,17,19,22H,9-16,18H2,1-3H3,(H,35,43)(H,36,42);5-10,12H,11H2,1-4H3,(H,27,33)(H,28,32). The molecule has 4 N–H and O–H groups in total. The molecule has 1 unspecified atom stereocenters. The summed E-state index contributed by atoms with van der Waals surface area (Å²) in [6.07, 6.45) is 3.15. The number of aryl methyl sites for hydroxylation is 2. The third kappa shape index (κ3) is 11.8. The van der Waals surface area contributed by atoms with Crippen LogP contribution >= 0.6 is 0 Å². The van der Waals surface area contributed by atoms with Crippen LogP contribution in [-0.2, 0) is 28.6 Å². The minimum Gasteiger partial charge on any atom is -0.379 e. The van der Waals surface area contributed by atoms with Crippen LogP contribution < -0.4 is 36.0 Å². The highest BCUT2D eigenvalue weighted by Gasteiger charge is 2.38. The Morgan fingerprint density at radius 2 is 1.09 bits per heavy atom. The number of para-hydroxylation sites is 2. The van der Waals surface area contributed by atoms with Crippen LogP contribution in [0.25, 0.3) is 22.5 Å². The molecule has 0 radical (unpaired) electrons. The van der Waals surface area contributed by atoms with E-state index >= 15 is 8.78 Å². The Labute approximate surface area is 456 Å². The highest BCUT2D eigenvalue weighted by molar-refractivity contribution is 7.84. The monoisotopic (exact) mass is 1100 g/mol. The van der Waals surface area contributed by atoms with Crippen molar-refractivity contribution >= 4 is 63.6 Å². The van der Waals surface area contributed by atoms with Gasteiger partial charge in [-0.25, -0.2) is 51.9 Å². The molecule has 23 heteroatoms. The van der Waals surface area contributed by atoms with E-state index in [9.17, 15) is 32.2 Å². The number of urea groups is 2. The lowest BCUT2D eigenvalue weighted by atomic mass is 9.97. The van der Waals surface area contributed by atoms with Gasteiger partial charge < -0.3 is 30.9 Å². The lowest BCUT2D eigenvalue weighted by Crippen LogP contribution is -2.49. The molecule has 79 heavy (non-hydrogen) atoms. The molecule has 6 amide bonds. The predicted molar refractivity (Wildman–Crippen MR) is 291 cm³/mol. The van der Waals surface area contributed by atoms with Gasteiger partial charge in [-0.2, -0.15) is 4.98 Å². The van der Waals surface area contributed by atoms with E-state index in [4.69, 9.17) is 14.7 Å². The Morgan fingerprint density at radius 3 is 1.53 bits per heavy atom. The number of halogens is 4. The van der Waals surface area contributed by atoms with Gasteiger partial charge in [0.2, 0.25) is 11.1 Å². The van der Waals surface area contributed by atoms with Crippen LogP contribution in [0.15, 0.2) is 78.0 Å². The van der Waals surface area contributed by atoms with Crippen molar-refractivity contribution in [2.75, 3.05) is 60.3 Å². The Bertz CT molecular complexity index is 3350. The van der Waals surface area contributed by atoms with Crippen LogP contribution in [0.5, 0.6) is 0 Å². The third-order valence-electron chi connectivity index (χ3n) is 13.8. The van der Waals surface area contributed by atoms with Crippen molar-refractivity contribution in [2.45, 2.75) is 90.8 Å². The number of ether oxygens (including phenoxy) is 1. The number of benzene rings is 4. The van der Waals surface area contributed by atoms with Gasteiger partial charge in [-0.1, -0.05) is 24.3 Å². The van der Waals surface area contributed by atoms with Gasteiger partial charge in [0.25, 0.3) is 11.8 Å². The number of amides is 6.